The number of ketones is 1. The topological polar surface area (TPSA) is 71.1 Å². The van der Waals surface area contributed by atoms with Crippen LogP contribution >= 0.6 is 0 Å². The third-order valence-corrected chi connectivity index (χ3v) is 4.53. The number of hydrogen-bond acceptors (Lipinski definition) is 6. The minimum absolute atomic E-state index is 0.196. The summed E-state index contributed by atoms with van der Waals surface area (Å²) in [6, 6.07) is 18.3. The Hall–Kier alpha value is -4.06. The van der Waals surface area contributed by atoms with Crippen molar-refractivity contribution in [2.45, 2.75) is 0 Å². The fourth-order valence-corrected chi connectivity index (χ4v) is 2.81. The van der Waals surface area contributed by atoms with Gasteiger partial charge in [0, 0.05) is 11.1 Å². The predicted octanol–water partition coefficient (Wildman–Crippen LogP) is 4.83. The van der Waals surface area contributed by atoms with Gasteiger partial charge in [-0.05, 0) is 78.9 Å². The molecule has 6 nitrogen and oxygen atoms in total. The van der Waals surface area contributed by atoms with Gasteiger partial charge >= 0.3 is 5.97 Å². The molecule has 0 amide bonds. The normalized spacial score (nSPS) is 10.5. The van der Waals surface area contributed by atoms with Gasteiger partial charge in [0.2, 0.25) is 0 Å². The van der Waals surface area contributed by atoms with E-state index >= 15 is 0 Å². The Morgan fingerprint density at radius 3 is 1.87 bits per heavy atom. The van der Waals surface area contributed by atoms with Crippen LogP contribution in [0.1, 0.15) is 26.3 Å². The highest BCUT2D eigenvalue weighted by Crippen LogP contribution is 2.25. The Balaban J connectivity index is 1.67. The molecule has 0 aliphatic heterocycles. The number of carbonyl (C=O) groups excluding carboxylic acids is 2. The van der Waals surface area contributed by atoms with E-state index in [9.17, 15) is 9.59 Å². The summed E-state index contributed by atoms with van der Waals surface area (Å²) in [5.41, 5.74) is 1.58. The monoisotopic (exact) mass is 418 g/mol. The number of methoxy groups -OCH3 is 3. The quantitative estimate of drug-likeness (QED) is 0.226. The molecule has 3 aromatic rings. The maximum Gasteiger partial charge on any atom is 0.343 e. The van der Waals surface area contributed by atoms with Gasteiger partial charge in [0.15, 0.2) is 5.78 Å². The molecule has 0 saturated heterocycles. The molecule has 0 spiro atoms. The van der Waals surface area contributed by atoms with Crippen LogP contribution in [0.2, 0.25) is 0 Å². The first-order valence-corrected chi connectivity index (χ1v) is 9.45. The summed E-state index contributed by atoms with van der Waals surface area (Å²) in [4.78, 5) is 24.8. The highest BCUT2D eigenvalue weighted by Gasteiger charge is 2.10. The van der Waals surface area contributed by atoms with Gasteiger partial charge < -0.3 is 18.9 Å². The lowest BCUT2D eigenvalue weighted by molar-refractivity contribution is 0.0734. The molecule has 0 aliphatic rings. The Bertz CT molecular complexity index is 1080. The van der Waals surface area contributed by atoms with Gasteiger partial charge in [-0.2, -0.15) is 0 Å². The molecule has 0 saturated carbocycles. The van der Waals surface area contributed by atoms with Crippen molar-refractivity contribution < 1.29 is 28.5 Å². The van der Waals surface area contributed by atoms with Gasteiger partial charge in [-0.15, -0.1) is 0 Å². The maximum absolute atomic E-state index is 12.5. The lowest BCUT2D eigenvalue weighted by Crippen LogP contribution is -2.08. The maximum atomic E-state index is 12.5. The van der Waals surface area contributed by atoms with E-state index in [1.807, 2.05) is 0 Å². The molecular formula is C25H22O6. The van der Waals surface area contributed by atoms with E-state index in [2.05, 4.69) is 0 Å². The summed E-state index contributed by atoms with van der Waals surface area (Å²) in [5, 5.41) is 0. The van der Waals surface area contributed by atoms with E-state index in [0.717, 1.165) is 5.56 Å². The molecule has 3 rings (SSSR count). The van der Waals surface area contributed by atoms with Gasteiger partial charge in [-0.3, -0.25) is 4.79 Å². The minimum Gasteiger partial charge on any atom is -0.497 e. The third kappa shape index (κ3) is 5.51. The van der Waals surface area contributed by atoms with Gasteiger partial charge in [-0.1, -0.05) is 0 Å². The Morgan fingerprint density at radius 2 is 1.26 bits per heavy atom. The minimum atomic E-state index is -0.494. The molecule has 0 radical (unpaired) electrons. The van der Waals surface area contributed by atoms with Crippen LogP contribution in [0.25, 0.3) is 6.08 Å². The van der Waals surface area contributed by atoms with Crippen LogP contribution in [0.15, 0.2) is 72.8 Å². The zero-order valence-electron chi connectivity index (χ0n) is 17.5. The second-order valence-corrected chi connectivity index (χ2v) is 6.45. The van der Waals surface area contributed by atoms with Crippen LogP contribution < -0.4 is 18.9 Å². The average molecular weight is 418 g/mol. The van der Waals surface area contributed by atoms with E-state index in [-0.39, 0.29) is 5.78 Å². The van der Waals surface area contributed by atoms with Crippen molar-refractivity contribution in [3.63, 3.8) is 0 Å². The third-order valence-electron chi connectivity index (χ3n) is 4.53. The average Bonchev–Trinajstić information content (AvgIpc) is 2.82. The van der Waals surface area contributed by atoms with Crippen molar-refractivity contribution in [2.24, 2.45) is 0 Å². The molecule has 0 bridgehead atoms. The highest BCUT2D eigenvalue weighted by molar-refractivity contribution is 6.07. The highest BCUT2D eigenvalue weighted by atomic mass is 16.5. The molecule has 0 unspecified atom stereocenters. The van der Waals surface area contributed by atoms with Crippen LogP contribution in [0.3, 0.4) is 0 Å². The van der Waals surface area contributed by atoms with Crippen LogP contribution in [-0.2, 0) is 0 Å². The van der Waals surface area contributed by atoms with Crippen molar-refractivity contribution in [3.8, 4) is 23.0 Å². The van der Waals surface area contributed by atoms with Crippen LogP contribution in [0.5, 0.6) is 23.0 Å². The first kappa shape index (κ1) is 21.6. The van der Waals surface area contributed by atoms with Gasteiger partial charge in [0.25, 0.3) is 0 Å². The first-order valence-electron chi connectivity index (χ1n) is 9.45. The molecule has 0 fully saturated rings. The lowest BCUT2D eigenvalue weighted by atomic mass is 10.1. The standard InChI is InChI=1S/C25H22O6/c1-28-20-9-6-18(7-10-20)25(27)31-21-11-4-17(5-12-21)23(26)14-8-19-16-22(29-2)13-15-24(19)30-3/h4-16H,1-3H3. The molecule has 3 aromatic carbocycles. The fourth-order valence-electron chi connectivity index (χ4n) is 2.81. The van der Waals surface area contributed by atoms with Crippen LogP contribution in [-0.4, -0.2) is 33.1 Å². The number of esters is 1. The number of carbonyl (C=O) groups is 2. The Labute approximate surface area is 180 Å². The molecule has 158 valence electrons. The van der Waals surface area contributed by atoms with Crippen molar-refractivity contribution >= 4 is 17.8 Å². The Kier molecular flexibility index (Phi) is 7.06. The molecule has 0 heterocycles. The molecular weight excluding hydrogens is 396 g/mol. The fraction of sp³-hybridized carbons (Fsp3) is 0.120. The molecule has 0 atom stereocenters. The van der Waals surface area contributed by atoms with E-state index in [4.69, 9.17) is 18.9 Å². The van der Waals surface area contributed by atoms with Gasteiger partial charge in [-0.25, -0.2) is 4.79 Å². The van der Waals surface area contributed by atoms with E-state index < -0.39 is 5.97 Å². The van der Waals surface area contributed by atoms with Crippen molar-refractivity contribution in [3.05, 3.63) is 89.5 Å². The van der Waals surface area contributed by atoms with E-state index in [0.29, 0.717) is 34.1 Å². The number of ether oxygens (including phenoxy) is 4. The predicted molar refractivity (Wildman–Crippen MR) is 117 cm³/mol. The zero-order valence-corrected chi connectivity index (χ0v) is 17.5. The Morgan fingerprint density at radius 1 is 0.677 bits per heavy atom. The molecule has 31 heavy (non-hydrogen) atoms. The molecule has 0 N–H and O–H groups in total. The van der Waals surface area contributed by atoms with Crippen molar-refractivity contribution in [1.82, 2.24) is 0 Å². The molecule has 6 heteroatoms. The van der Waals surface area contributed by atoms with Crippen LogP contribution in [0.4, 0.5) is 0 Å². The summed E-state index contributed by atoms with van der Waals surface area (Å²) >= 11 is 0. The number of rotatable bonds is 8. The summed E-state index contributed by atoms with van der Waals surface area (Å²) in [7, 11) is 4.69. The summed E-state index contributed by atoms with van der Waals surface area (Å²) in [6.45, 7) is 0. The summed E-state index contributed by atoms with van der Waals surface area (Å²) in [6.07, 6.45) is 3.12. The first-order chi connectivity index (χ1) is 15.0. The largest absolute Gasteiger partial charge is 0.497 e. The smallest absolute Gasteiger partial charge is 0.343 e. The number of benzene rings is 3. The SMILES string of the molecule is COc1ccc(C(=O)Oc2ccc(C(=O)C=Cc3cc(OC)ccc3OC)cc2)cc1. The molecule has 0 aromatic heterocycles. The second-order valence-electron chi connectivity index (χ2n) is 6.45. The zero-order chi connectivity index (χ0) is 22.2. The summed E-state index contributed by atoms with van der Waals surface area (Å²) < 4.78 is 21.0. The van der Waals surface area contributed by atoms with E-state index in [1.54, 1.807) is 94.1 Å². The van der Waals surface area contributed by atoms with Gasteiger partial charge in [0.1, 0.15) is 23.0 Å². The number of allylic oxidation sites excluding steroid dienone is 1. The lowest BCUT2D eigenvalue weighted by Gasteiger charge is -2.07. The van der Waals surface area contributed by atoms with Crippen LogP contribution in [0, 0.1) is 0 Å². The summed E-state index contributed by atoms with van der Waals surface area (Å²) in [5.74, 6) is 1.60. The van der Waals surface area contributed by atoms with Crippen molar-refractivity contribution in [2.75, 3.05) is 21.3 Å². The molecule has 0 aliphatic carbocycles. The van der Waals surface area contributed by atoms with E-state index in [1.165, 1.54) is 6.08 Å². The van der Waals surface area contributed by atoms with Gasteiger partial charge in [0.05, 0.1) is 26.9 Å². The second kappa shape index (κ2) is 10.1. The van der Waals surface area contributed by atoms with Crippen molar-refractivity contribution in [1.29, 1.82) is 0 Å². The number of hydrogen-bond donors (Lipinski definition) is 0.